The number of nitrogens with two attached hydrogens (primary N) is 1. The van der Waals surface area contributed by atoms with Gasteiger partial charge in [-0.2, -0.15) is 5.10 Å². The monoisotopic (exact) mass is 259 g/mol. The molecule has 3 rings (SSSR count). The van der Waals surface area contributed by atoms with Gasteiger partial charge in [-0.05, 0) is 44.2 Å². The number of nitrogens with zero attached hydrogens (tertiary/aromatic N) is 1. The average Bonchev–Trinajstić information content (AvgIpc) is 2.87. The van der Waals surface area contributed by atoms with E-state index in [0.717, 1.165) is 36.9 Å². The number of hydrogen-bond acceptors (Lipinski definition) is 3. The summed E-state index contributed by atoms with van der Waals surface area (Å²) in [6.45, 7) is 2.15. The SMILES string of the molecule is CCc1c(O[C@@H]2CCC[C@@H](N)C2)ccc2[nH]ncc12. The maximum Gasteiger partial charge on any atom is 0.123 e. The molecule has 4 nitrogen and oxygen atoms in total. The molecule has 1 saturated carbocycles. The minimum absolute atomic E-state index is 0.262. The lowest BCUT2D eigenvalue weighted by atomic mass is 9.93. The van der Waals surface area contributed by atoms with Gasteiger partial charge < -0.3 is 10.5 Å². The summed E-state index contributed by atoms with van der Waals surface area (Å²) in [5.74, 6) is 0.996. The predicted molar refractivity (Wildman–Crippen MR) is 76.3 cm³/mol. The largest absolute Gasteiger partial charge is 0.490 e. The summed E-state index contributed by atoms with van der Waals surface area (Å²) in [5, 5.41) is 8.28. The van der Waals surface area contributed by atoms with Crippen molar-refractivity contribution in [3.8, 4) is 5.75 Å². The summed E-state index contributed by atoms with van der Waals surface area (Å²) >= 11 is 0. The van der Waals surface area contributed by atoms with E-state index in [1.54, 1.807) is 0 Å². The van der Waals surface area contributed by atoms with Crippen molar-refractivity contribution < 1.29 is 4.74 Å². The third-order valence-electron chi connectivity index (χ3n) is 4.01. The standard InChI is InChI=1S/C15H21N3O/c1-2-12-13-9-17-18-14(13)6-7-15(12)19-11-5-3-4-10(16)8-11/h6-7,9-11H,2-5,8,16H2,1H3,(H,17,18)/t10-,11-/m1/s1. The van der Waals surface area contributed by atoms with Gasteiger partial charge in [-0.3, -0.25) is 5.10 Å². The van der Waals surface area contributed by atoms with Crippen LogP contribution in [-0.2, 0) is 6.42 Å². The Hall–Kier alpha value is -1.55. The molecule has 1 aromatic carbocycles. The highest BCUT2D eigenvalue weighted by atomic mass is 16.5. The molecular weight excluding hydrogens is 238 g/mol. The van der Waals surface area contributed by atoms with Gasteiger partial charge in [0.25, 0.3) is 0 Å². The Morgan fingerprint density at radius 2 is 2.32 bits per heavy atom. The Morgan fingerprint density at radius 3 is 3.11 bits per heavy atom. The van der Waals surface area contributed by atoms with Crippen LogP contribution in [0.3, 0.4) is 0 Å². The molecule has 2 atom stereocenters. The van der Waals surface area contributed by atoms with Crippen LogP contribution in [0.4, 0.5) is 0 Å². The summed E-state index contributed by atoms with van der Waals surface area (Å²) in [5.41, 5.74) is 8.34. The van der Waals surface area contributed by atoms with Crippen LogP contribution in [0.15, 0.2) is 18.3 Å². The lowest BCUT2D eigenvalue weighted by Crippen LogP contribution is -2.33. The Kier molecular flexibility index (Phi) is 3.42. The van der Waals surface area contributed by atoms with E-state index in [1.165, 1.54) is 17.4 Å². The van der Waals surface area contributed by atoms with Crippen molar-refractivity contribution in [2.75, 3.05) is 0 Å². The summed E-state index contributed by atoms with van der Waals surface area (Å²) in [6.07, 6.45) is 7.46. The second-order valence-electron chi connectivity index (χ2n) is 5.39. The fourth-order valence-corrected chi connectivity index (χ4v) is 3.00. The molecule has 0 spiro atoms. The van der Waals surface area contributed by atoms with E-state index in [2.05, 4.69) is 23.2 Å². The predicted octanol–water partition coefficient (Wildman–Crippen LogP) is 2.77. The Labute approximate surface area is 113 Å². The van der Waals surface area contributed by atoms with Crippen molar-refractivity contribution in [2.24, 2.45) is 5.73 Å². The first kappa shape index (κ1) is 12.5. The molecule has 0 unspecified atom stereocenters. The average molecular weight is 259 g/mol. The zero-order valence-electron chi connectivity index (χ0n) is 11.4. The van der Waals surface area contributed by atoms with Gasteiger partial charge in [-0.15, -0.1) is 0 Å². The van der Waals surface area contributed by atoms with E-state index >= 15 is 0 Å². The van der Waals surface area contributed by atoms with Crippen molar-refractivity contribution in [1.29, 1.82) is 0 Å². The first-order valence-electron chi connectivity index (χ1n) is 7.15. The molecule has 19 heavy (non-hydrogen) atoms. The smallest absolute Gasteiger partial charge is 0.123 e. The summed E-state index contributed by atoms with van der Waals surface area (Å²) < 4.78 is 6.20. The van der Waals surface area contributed by atoms with Crippen LogP contribution in [0.25, 0.3) is 10.9 Å². The van der Waals surface area contributed by atoms with Gasteiger partial charge in [-0.1, -0.05) is 6.92 Å². The van der Waals surface area contributed by atoms with Crippen LogP contribution in [0, 0.1) is 0 Å². The molecule has 2 aromatic rings. The number of H-pyrrole nitrogens is 1. The molecule has 1 fully saturated rings. The van der Waals surface area contributed by atoms with Gasteiger partial charge in [0.2, 0.25) is 0 Å². The highest BCUT2D eigenvalue weighted by Gasteiger charge is 2.21. The van der Waals surface area contributed by atoms with Crippen LogP contribution in [0.2, 0.25) is 0 Å². The number of benzene rings is 1. The molecule has 1 aliphatic carbocycles. The van der Waals surface area contributed by atoms with Crippen LogP contribution in [0.1, 0.15) is 38.2 Å². The molecule has 102 valence electrons. The first-order chi connectivity index (χ1) is 9.28. The molecule has 1 aliphatic rings. The number of aromatic nitrogens is 2. The number of rotatable bonds is 3. The van der Waals surface area contributed by atoms with Gasteiger partial charge in [0.05, 0.1) is 11.7 Å². The lowest BCUT2D eigenvalue weighted by Gasteiger charge is -2.28. The number of nitrogens with one attached hydrogen (secondary N) is 1. The molecule has 1 heterocycles. The van der Waals surface area contributed by atoms with E-state index in [0.29, 0.717) is 6.04 Å². The van der Waals surface area contributed by atoms with Gasteiger partial charge in [-0.25, -0.2) is 0 Å². The molecule has 4 heteroatoms. The number of aromatic amines is 1. The van der Waals surface area contributed by atoms with E-state index in [4.69, 9.17) is 10.5 Å². The van der Waals surface area contributed by atoms with Crippen molar-refractivity contribution in [3.63, 3.8) is 0 Å². The molecule has 0 saturated heterocycles. The second-order valence-corrected chi connectivity index (χ2v) is 5.39. The fraction of sp³-hybridized carbons (Fsp3) is 0.533. The van der Waals surface area contributed by atoms with Crippen LogP contribution in [-0.4, -0.2) is 22.3 Å². The fourth-order valence-electron chi connectivity index (χ4n) is 3.00. The first-order valence-corrected chi connectivity index (χ1v) is 7.15. The molecule has 0 radical (unpaired) electrons. The molecule has 0 amide bonds. The van der Waals surface area contributed by atoms with E-state index < -0.39 is 0 Å². The van der Waals surface area contributed by atoms with Gasteiger partial charge in [0.15, 0.2) is 0 Å². The minimum Gasteiger partial charge on any atom is -0.490 e. The molecular formula is C15H21N3O. The number of hydrogen-bond donors (Lipinski definition) is 2. The van der Waals surface area contributed by atoms with E-state index in [1.807, 2.05) is 12.3 Å². The molecule has 0 aliphatic heterocycles. The quantitative estimate of drug-likeness (QED) is 0.890. The zero-order chi connectivity index (χ0) is 13.2. The van der Waals surface area contributed by atoms with Crippen molar-refractivity contribution in [3.05, 3.63) is 23.9 Å². The molecule has 1 aromatic heterocycles. The van der Waals surface area contributed by atoms with Crippen LogP contribution >= 0.6 is 0 Å². The van der Waals surface area contributed by atoms with E-state index in [9.17, 15) is 0 Å². The summed E-state index contributed by atoms with van der Waals surface area (Å²) in [7, 11) is 0. The normalized spacial score (nSPS) is 23.7. The third kappa shape index (κ3) is 2.45. The summed E-state index contributed by atoms with van der Waals surface area (Å²) in [6, 6.07) is 4.39. The highest BCUT2D eigenvalue weighted by Crippen LogP contribution is 2.30. The molecule has 3 N–H and O–H groups in total. The van der Waals surface area contributed by atoms with Crippen LogP contribution < -0.4 is 10.5 Å². The third-order valence-corrected chi connectivity index (χ3v) is 4.01. The number of ether oxygens (including phenoxy) is 1. The van der Waals surface area contributed by atoms with Gasteiger partial charge in [0.1, 0.15) is 11.9 Å². The lowest BCUT2D eigenvalue weighted by molar-refractivity contribution is 0.143. The topological polar surface area (TPSA) is 63.9 Å². The second kappa shape index (κ2) is 5.21. The Bertz CT molecular complexity index is 564. The van der Waals surface area contributed by atoms with Gasteiger partial charge in [0, 0.05) is 17.0 Å². The molecule has 0 bridgehead atoms. The summed E-state index contributed by atoms with van der Waals surface area (Å²) in [4.78, 5) is 0. The van der Waals surface area contributed by atoms with Crippen molar-refractivity contribution in [2.45, 2.75) is 51.2 Å². The van der Waals surface area contributed by atoms with E-state index in [-0.39, 0.29) is 6.10 Å². The number of aryl methyl sites for hydroxylation is 1. The van der Waals surface area contributed by atoms with Crippen molar-refractivity contribution >= 4 is 10.9 Å². The van der Waals surface area contributed by atoms with Gasteiger partial charge >= 0.3 is 0 Å². The Balaban J connectivity index is 1.87. The van der Waals surface area contributed by atoms with Crippen molar-refractivity contribution in [1.82, 2.24) is 10.2 Å². The maximum absolute atomic E-state index is 6.20. The maximum atomic E-state index is 6.20. The zero-order valence-corrected chi connectivity index (χ0v) is 11.4. The Morgan fingerprint density at radius 1 is 1.42 bits per heavy atom. The number of fused-ring (bicyclic) bond motifs is 1. The highest BCUT2D eigenvalue weighted by molar-refractivity contribution is 5.84. The minimum atomic E-state index is 0.262. The van der Waals surface area contributed by atoms with Crippen LogP contribution in [0.5, 0.6) is 5.75 Å².